The van der Waals surface area contributed by atoms with E-state index in [2.05, 4.69) is 25.5 Å². The molecule has 0 amide bonds. The van der Waals surface area contributed by atoms with Crippen LogP contribution in [0.5, 0.6) is 0 Å². The van der Waals surface area contributed by atoms with Gasteiger partial charge in [0.1, 0.15) is 0 Å². The average molecular weight is 473 g/mol. The van der Waals surface area contributed by atoms with Crippen LogP contribution in [0.25, 0.3) is 22.8 Å². The highest BCUT2D eigenvalue weighted by Gasteiger charge is 2.31. The number of sulfone groups is 1. The van der Waals surface area contributed by atoms with Crippen LogP contribution in [-0.4, -0.2) is 34.8 Å². The van der Waals surface area contributed by atoms with Gasteiger partial charge >= 0.3 is 6.18 Å². The number of hydrogen-bond acceptors (Lipinski definition) is 6. The Hall–Kier alpha value is -3.73. The Labute approximate surface area is 187 Å². The topological polar surface area (TPSA) is 101 Å². The molecule has 33 heavy (non-hydrogen) atoms. The lowest BCUT2D eigenvalue weighted by molar-refractivity contribution is -0.137. The van der Waals surface area contributed by atoms with Gasteiger partial charge in [0.25, 0.3) is 0 Å². The van der Waals surface area contributed by atoms with Crippen molar-refractivity contribution < 1.29 is 21.6 Å². The first kappa shape index (κ1) is 22.5. The van der Waals surface area contributed by atoms with Crippen molar-refractivity contribution >= 4 is 15.5 Å². The zero-order chi connectivity index (χ0) is 23.6. The first-order valence-electron chi connectivity index (χ1n) is 9.69. The number of nitrogens with zero attached hydrogens (tertiary/aromatic N) is 3. The van der Waals surface area contributed by atoms with Gasteiger partial charge < -0.3 is 10.3 Å². The number of H-pyrrole nitrogens is 1. The minimum Gasteiger partial charge on any atom is -0.380 e. The quantitative estimate of drug-likeness (QED) is 0.426. The van der Waals surface area contributed by atoms with Gasteiger partial charge in [-0.3, -0.25) is 4.98 Å². The van der Waals surface area contributed by atoms with Gasteiger partial charge in [-0.25, -0.2) is 8.42 Å². The molecule has 0 radical (unpaired) electrons. The molecule has 0 bridgehead atoms. The third kappa shape index (κ3) is 5.20. The van der Waals surface area contributed by atoms with Gasteiger partial charge in [-0.15, -0.1) is 10.2 Å². The predicted octanol–water partition coefficient (Wildman–Crippen LogP) is 4.57. The Balaban J connectivity index is 1.67. The summed E-state index contributed by atoms with van der Waals surface area (Å²) < 4.78 is 63.2. The van der Waals surface area contributed by atoms with E-state index in [1.807, 2.05) is 0 Å². The lowest BCUT2D eigenvalue weighted by Crippen LogP contribution is -2.08. The molecule has 2 aromatic carbocycles. The minimum atomic E-state index is -4.50. The Morgan fingerprint density at radius 2 is 1.61 bits per heavy atom. The number of aromatic amines is 1. The molecule has 0 spiro atoms. The molecule has 0 aliphatic heterocycles. The third-order valence-corrected chi connectivity index (χ3v) is 6.01. The smallest absolute Gasteiger partial charge is 0.380 e. The highest BCUT2D eigenvalue weighted by atomic mass is 32.2. The second kappa shape index (κ2) is 8.66. The number of anilines is 1. The second-order valence-electron chi connectivity index (χ2n) is 7.29. The summed E-state index contributed by atoms with van der Waals surface area (Å²) in [5.74, 6) is 0.619. The van der Waals surface area contributed by atoms with E-state index in [1.54, 1.807) is 36.7 Å². The van der Waals surface area contributed by atoms with Crippen molar-refractivity contribution in [2.45, 2.75) is 17.6 Å². The van der Waals surface area contributed by atoms with E-state index in [0.29, 0.717) is 17.0 Å². The van der Waals surface area contributed by atoms with Gasteiger partial charge in [0, 0.05) is 42.0 Å². The van der Waals surface area contributed by atoms with Crippen molar-refractivity contribution in [1.29, 1.82) is 0 Å². The van der Waals surface area contributed by atoms with Crippen molar-refractivity contribution in [3.05, 3.63) is 78.1 Å². The maximum absolute atomic E-state index is 13.3. The van der Waals surface area contributed by atoms with Gasteiger partial charge in [-0.2, -0.15) is 13.2 Å². The van der Waals surface area contributed by atoms with Crippen molar-refractivity contribution in [2.75, 3.05) is 11.6 Å². The molecule has 11 heteroatoms. The van der Waals surface area contributed by atoms with Gasteiger partial charge in [-0.05, 0) is 60.2 Å². The molecular formula is C22H18F3N5O2S. The largest absolute Gasteiger partial charge is 0.416 e. The summed E-state index contributed by atoms with van der Waals surface area (Å²) in [5.41, 5.74) is 1.27. The highest BCUT2D eigenvalue weighted by Crippen LogP contribution is 2.35. The molecule has 0 saturated carbocycles. The average Bonchev–Trinajstić information content (AvgIpc) is 3.27. The summed E-state index contributed by atoms with van der Waals surface area (Å²) in [6.07, 6.45) is -0.192. The van der Waals surface area contributed by atoms with Crippen LogP contribution in [0.4, 0.5) is 18.9 Å². The normalized spacial score (nSPS) is 12.0. The van der Waals surface area contributed by atoms with Gasteiger partial charge in [0.05, 0.1) is 10.5 Å². The molecule has 2 N–H and O–H groups in total. The molecule has 0 fully saturated rings. The van der Waals surface area contributed by atoms with Crippen LogP contribution in [0, 0.1) is 0 Å². The third-order valence-electron chi connectivity index (χ3n) is 4.88. The number of halogens is 3. The van der Waals surface area contributed by atoms with E-state index in [-0.39, 0.29) is 23.0 Å². The second-order valence-corrected chi connectivity index (χ2v) is 9.30. The van der Waals surface area contributed by atoms with Crippen LogP contribution < -0.4 is 5.32 Å². The van der Waals surface area contributed by atoms with E-state index >= 15 is 0 Å². The Morgan fingerprint density at radius 3 is 2.24 bits per heavy atom. The molecule has 7 nitrogen and oxygen atoms in total. The predicted molar refractivity (Wildman–Crippen MR) is 117 cm³/mol. The van der Waals surface area contributed by atoms with Crippen molar-refractivity contribution in [3.8, 4) is 22.8 Å². The fraction of sp³-hybridized carbons (Fsp3) is 0.136. The van der Waals surface area contributed by atoms with E-state index in [4.69, 9.17) is 0 Å². The lowest BCUT2D eigenvalue weighted by Gasteiger charge is -2.14. The Bertz CT molecular complexity index is 1370. The standard InChI is InChI=1S/C22H18F3N5O2S/c1-33(31,32)17-5-2-15(3-6-17)20-28-21(30-29-20)18-7-4-16(22(23,24)25)12-19(18)27-13-14-8-10-26-11-9-14/h2-12,27H,13H2,1H3,(H,28,29,30). The van der Waals surface area contributed by atoms with Crippen LogP contribution in [0.2, 0.25) is 0 Å². The first-order chi connectivity index (χ1) is 15.6. The summed E-state index contributed by atoms with van der Waals surface area (Å²) in [5, 5.41) is 11.2. The number of nitrogens with one attached hydrogen (secondary N) is 2. The summed E-state index contributed by atoms with van der Waals surface area (Å²) in [6.45, 7) is 0.283. The summed E-state index contributed by atoms with van der Waals surface area (Å²) in [6, 6.07) is 12.9. The molecule has 2 heterocycles. The minimum absolute atomic E-state index is 0.163. The maximum atomic E-state index is 13.3. The van der Waals surface area contributed by atoms with E-state index in [1.165, 1.54) is 18.2 Å². The van der Waals surface area contributed by atoms with Crippen LogP contribution in [-0.2, 0) is 22.6 Å². The number of hydrogen-bond donors (Lipinski definition) is 2. The van der Waals surface area contributed by atoms with Crippen molar-refractivity contribution in [3.63, 3.8) is 0 Å². The van der Waals surface area contributed by atoms with Crippen LogP contribution in [0.3, 0.4) is 0 Å². The fourth-order valence-corrected chi connectivity index (χ4v) is 3.77. The number of rotatable bonds is 6. The van der Waals surface area contributed by atoms with Gasteiger partial charge in [-0.1, -0.05) is 0 Å². The molecule has 170 valence electrons. The molecule has 0 unspecified atom stereocenters. The zero-order valence-electron chi connectivity index (χ0n) is 17.3. The number of aromatic nitrogens is 4. The van der Waals surface area contributed by atoms with Crippen LogP contribution in [0.1, 0.15) is 11.1 Å². The molecular weight excluding hydrogens is 455 g/mol. The van der Waals surface area contributed by atoms with Crippen LogP contribution >= 0.6 is 0 Å². The van der Waals surface area contributed by atoms with Crippen LogP contribution in [0.15, 0.2) is 71.9 Å². The molecule has 0 aliphatic carbocycles. The van der Waals surface area contributed by atoms with E-state index in [0.717, 1.165) is 24.0 Å². The molecule has 0 saturated heterocycles. The SMILES string of the molecule is CS(=O)(=O)c1ccc(-c2nnc(-c3ccc(C(F)(F)F)cc3NCc3ccncc3)[nH]2)cc1. The zero-order valence-corrected chi connectivity index (χ0v) is 18.1. The van der Waals surface area contributed by atoms with Crippen molar-refractivity contribution in [2.24, 2.45) is 0 Å². The van der Waals surface area contributed by atoms with Crippen molar-refractivity contribution in [1.82, 2.24) is 20.2 Å². The number of pyridine rings is 1. The number of alkyl halides is 3. The van der Waals surface area contributed by atoms with Gasteiger partial charge in [0.2, 0.25) is 0 Å². The van der Waals surface area contributed by atoms with Gasteiger partial charge in [0.15, 0.2) is 21.5 Å². The van der Waals surface area contributed by atoms with E-state index < -0.39 is 21.6 Å². The fourth-order valence-electron chi connectivity index (χ4n) is 3.14. The van der Waals surface area contributed by atoms with E-state index in [9.17, 15) is 21.6 Å². The monoisotopic (exact) mass is 473 g/mol. The Morgan fingerprint density at radius 1 is 0.939 bits per heavy atom. The molecule has 0 aliphatic rings. The maximum Gasteiger partial charge on any atom is 0.416 e. The molecule has 4 rings (SSSR count). The molecule has 2 aromatic heterocycles. The first-order valence-corrected chi connectivity index (χ1v) is 11.6. The summed E-state index contributed by atoms with van der Waals surface area (Å²) in [4.78, 5) is 7.09. The Kier molecular flexibility index (Phi) is 5.90. The molecule has 4 aromatic rings. The molecule has 0 atom stereocenters. The number of benzene rings is 2. The summed E-state index contributed by atoms with van der Waals surface area (Å²) in [7, 11) is -3.34. The lowest BCUT2D eigenvalue weighted by atomic mass is 10.1. The highest BCUT2D eigenvalue weighted by molar-refractivity contribution is 7.90. The summed E-state index contributed by atoms with van der Waals surface area (Å²) >= 11 is 0.